The van der Waals surface area contributed by atoms with Crippen LogP contribution in [0.2, 0.25) is 0 Å². The van der Waals surface area contributed by atoms with Crippen LogP contribution in [-0.4, -0.2) is 46.5 Å². The van der Waals surface area contributed by atoms with Crippen LogP contribution in [0.3, 0.4) is 0 Å². The topological polar surface area (TPSA) is 49.3 Å². The Morgan fingerprint density at radius 2 is 1.96 bits per heavy atom. The predicted molar refractivity (Wildman–Crippen MR) is 86.1 cm³/mol. The van der Waals surface area contributed by atoms with E-state index in [1.165, 1.54) is 0 Å². The van der Waals surface area contributed by atoms with E-state index in [0.717, 1.165) is 18.1 Å². The van der Waals surface area contributed by atoms with Crippen LogP contribution in [0.25, 0.3) is 0 Å². The van der Waals surface area contributed by atoms with Gasteiger partial charge in [-0.25, -0.2) is 18.7 Å². The minimum absolute atomic E-state index is 0.0142. The average Bonchev–Trinajstić information content (AvgIpc) is 2.62. The molecule has 0 bridgehead atoms. The lowest BCUT2D eigenvalue weighted by Gasteiger charge is -2.40. The van der Waals surface area contributed by atoms with Crippen molar-refractivity contribution in [1.29, 1.82) is 0 Å². The molecule has 1 fully saturated rings. The number of para-hydroxylation sites is 1. The number of halogens is 2. The molecule has 0 spiro atoms. The summed E-state index contributed by atoms with van der Waals surface area (Å²) >= 11 is 0. The molecular weight excluding hydrogens is 314 g/mol. The molecule has 2 aromatic rings. The van der Waals surface area contributed by atoms with Gasteiger partial charge in [-0.15, -0.1) is 0 Å². The van der Waals surface area contributed by atoms with Crippen molar-refractivity contribution in [3.8, 4) is 0 Å². The Labute approximate surface area is 138 Å². The summed E-state index contributed by atoms with van der Waals surface area (Å²) in [6.07, 6.45) is -1.70. The van der Waals surface area contributed by atoms with E-state index in [0.29, 0.717) is 19.6 Å². The first-order chi connectivity index (χ1) is 11.6. The minimum atomic E-state index is -2.72. The molecule has 1 unspecified atom stereocenters. The molecule has 1 saturated heterocycles. The summed E-state index contributed by atoms with van der Waals surface area (Å²) in [4.78, 5) is 23.8. The average molecular weight is 332 g/mol. The van der Waals surface area contributed by atoms with Crippen molar-refractivity contribution < 1.29 is 13.6 Å². The Bertz CT molecular complexity index is 711. The van der Waals surface area contributed by atoms with Crippen molar-refractivity contribution in [2.45, 2.75) is 19.4 Å². The number of alkyl halides is 2. The zero-order valence-electron chi connectivity index (χ0n) is 13.3. The van der Waals surface area contributed by atoms with Crippen LogP contribution in [0.4, 0.5) is 14.5 Å². The van der Waals surface area contributed by atoms with Crippen molar-refractivity contribution in [1.82, 2.24) is 14.9 Å². The summed E-state index contributed by atoms with van der Waals surface area (Å²) in [5.41, 5.74) is 0.697. The number of rotatable bonds is 3. The summed E-state index contributed by atoms with van der Waals surface area (Å²) in [5, 5.41) is 0. The number of hydrogen-bond acceptors (Lipinski definition) is 4. The second kappa shape index (κ2) is 6.90. The van der Waals surface area contributed by atoms with E-state index in [1.807, 2.05) is 37.3 Å². The van der Waals surface area contributed by atoms with Gasteiger partial charge in [-0.2, -0.15) is 0 Å². The fraction of sp³-hybridized carbons (Fsp3) is 0.353. The van der Waals surface area contributed by atoms with E-state index in [4.69, 9.17) is 0 Å². The van der Waals surface area contributed by atoms with Gasteiger partial charge in [0.1, 0.15) is 17.7 Å². The SMILES string of the molecule is CC1CN(c2ccccc2)CCN1C(=O)c1cc(C(F)F)ncn1. The molecule has 126 valence electrons. The number of nitrogens with zero attached hydrogens (tertiary/aromatic N) is 4. The fourth-order valence-corrected chi connectivity index (χ4v) is 2.89. The van der Waals surface area contributed by atoms with Crippen molar-refractivity contribution >= 4 is 11.6 Å². The summed E-state index contributed by atoms with van der Waals surface area (Å²) in [6, 6.07) is 11.0. The molecule has 0 saturated carbocycles. The first-order valence-corrected chi connectivity index (χ1v) is 7.77. The molecule has 0 aliphatic carbocycles. The fourth-order valence-electron chi connectivity index (χ4n) is 2.89. The van der Waals surface area contributed by atoms with E-state index in [9.17, 15) is 13.6 Å². The van der Waals surface area contributed by atoms with Gasteiger partial charge in [0.15, 0.2) is 0 Å². The van der Waals surface area contributed by atoms with Crippen LogP contribution >= 0.6 is 0 Å². The molecule has 5 nitrogen and oxygen atoms in total. The zero-order valence-corrected chi connectivity index (χ0v) is 13.3. The summed E-state index contributed by atoms with van der Waals surface area (Å²) in [5.74, 6) is -0.334. The number of hydrogen-bond donors (Lipinski definition) is 0. The third-order valence-corrected chi connectivity index (χ3v) is 4.14. The molecule has 1 aromatic heterocycles. The van der Waals surface area contributed by atoms with Gasteiger partial charge in [0.25, 0.3) is 12.3 Å². The quantitative estimate of drug-likeness (QED) is 0.867. The highest BCUT2D eigenvalue weighted by molar-refractivity contribution is 5.92. The largest absolute Gasteiger partial charge is 0.368 e. The monoisotopic (exact) mass is 332 g/mol. The Hall–Kier alpha value is -2.57. The molecule has 1 aliphatic heterocycles. The maximum Gasteiger partial charge on any atom is 0.280 e. The molecule has 2 heterocycles. The molecule has 1 aliphatic rings. The van der Waals surface area contributed by atoms with Crippen LogP contribution < -0.4 is 4.90 Å². The summed E-state index contributed by atoms with van der Waals surface area (Å²) in [7, 11) is 0. The van der Waals surface area contributed by atoms with Crippen LogP contribution in [-0.2, 0) is 0 Å². The molecule has 3 rings (SSSR count). The maximum atomic E-state index is 12.7. The van der Waals surface area contributed by atoms with Gasteiger partial charge in [-0.05, 0) is 25.1 Å². The van der Waals surface area contributed by atoms with Gasteiger partial charge < -0.3 is 9.80 Å². The highest BCUT2D eigenvalue weighted by Crippen LogP contribution is 2.21. The van der Waals surface area contributed by atoms with Gasteiger partial charge in [0.2, 0.25) is 0 Å². The maximum absolute atomic E-state index is 12.7. The Morgan fingerprint density at radius 3 is 2.62 bits per heavy atom. The van der Waals surface area contributed by atoms with Gasteiger partial charge >= 0.3 is 0 Å². The molecule has 1 aromatic carbocycles. The number of piperazine rings is 1. The van der Waals surface area contributed by atoms with Crippen LogP contribution in [0, 0.1) is 0 Å². The number of aromatic nitrogens is 2. The molecule has 0 N–H and O–H groups in total. The summed E-state index contributed by atoms with van der Waals surface area (Å²) in [6.45, 7) is 3.83. The zero-order chi connectivity index (χ0) is 17.1. The lowest BCUT2D eigenvalue weighted by Crippen LogP contribution is -2.54. The van der Waals surface area contributed by atoms with Gasteiger partial charge in [-0.1, -0.05) is 18.2 Å². The highest BCUT2D eigenvalue weighted by atomic mass is 19.3. The first-order valence-electron chi connectivity index (χ1n) is 7.77. The molecular formula is C17H18F2N4O. The second-order valence-corrected chi connectivity index (χ2v) is 5.76. The summed E-state index contributed by atoms with van der Waals surface area (Å²) < 4.78 is 25.5. The van der Waals surface area contributed by atoms with Crippen LogP contribution in [0.15, 0.2) is 42.7 Å². The van der Waals surface area contributed by atoms with E-state index in [-0.39, 0.29) is 17.6 Å². The normalized spacial score (nSPS) is 18.1. The Balaban J connectivity index is 1.72. The minimum Gasteiger partial charge on any atom is -0.368 e. The number of benzene rings is 1. The Morgan fingerprint density at radius 1 is 1.21 bits per heavy atom. The molecule has 0 radical (unpaired) electrons. The molecule has 24 heavy (non-hydrogen) atoms. The van der Waals surface area contributed by atoms with Crippen molar-refractivity contribution in [2.24, 2.45) is 0 Å². The van der Waals surface area contributed by atoms with Crippen molar-refractivity contribution in [3.05, 3.63) is 54.1 Å². The molecule has 7 heteroatoms. The lowest BCUT2D eigenvalue weighted by molar-refractivity contribution is 0.0667. The number of anilines is 1. The number of carbonyl (C=O) groups excluding carboxylic acids is 1. The van der Waals surface area contributed by atoms with Crippen LogP contribution in [0.1, 0.15) is 29.5 Å². The van der Waals surface area contributed by atoms with Crippen LogP contribution in [0.5, 0.6) is 0 Å². The standard InChI is InChI=1S/C17H18F2N4O/c1-12-10-22(13-5-3-2-4-6-13)7-8-23(12)17(24)15-9-14(16(18)19)20-11-21-15/h2-6,9,11-12,16H,7-8,10H2,1H3. The van der Waals surface area contributed by atoms with Crippen molar-refractivity contribution in [2.75, 3.05) is 24.5 Å². The number of amides is 1. The predicted octanol–water partition coefficient (Wildman–Crippen LogP) is 2.77. The van der Waals surface area contributed by atoms with Crippen molar-refractivity contribution in [3.63, 3.8) is 0 Å². The number of carbonyl (C=O) groups is 1. The second-order valence-electron chi connectivity index (χ2n) is 5.76. The third-order valence-electron chi connectivity index (χ3n) is 4.14. The molecule has 1 atom stereocenters. The molecule has 1 amide bonds. The van der Waals surface area contributed by atoms with Gasteiger partial charge in [0, 0.05) is 31.4 Å². The Kier molecular flexibility index (Phi) is 4.69. The first kappa shape index (κ1) is 16.3. The van der Waals surface area contributed by atoms with Gasteiger partial charge in [0.05, 0.1) is 0 Å². The lowest BCUT2D eigenvalue weighted by atomic mass is 10.1. The van der Waals surface area contributed by atoms with E-state index in [2.05, 4.69) is 14.9 Å². The van der Waals surface area contributed by atoms with E-state index in [1.54, 1.807) is 4.90 Å². The smallest absolute Gasteiger partial charge is 0.280 e. The van der Waals surface area contributed by atoms with E-state index < -0.39 is 12.1 Å². The third kappa shape index (κ3) is 3.34. The van der Waals surface area contributed by atoms with Gasteiger partial charge in [-0.3, -0.25) is 4.79 Å². The highest BCUT2D eigenvalue weighted by Gasteiger charge is 2.29. The van der Waals surface area contributed by atoms with E-state index >= 15 is 0 Å².